The Morgan fingerprint density at radius 1 is 0.900 bits per heavy atom. The first kappa shape index (κ1) is 20.1. The summed E-state index contributed by atoms with van der Waals surface area (Å²) in [7, 11) is 0. The van der Waals surface area contributed by atoms with Gasteiger partial charge in [-0.15, -0.1) is 0 Å². The molecule has 5 heteroatoms. The van der Waals surface area contributed by atoms with Gasteiger partial charge in [-0.25, -0.2) is 0 Å². The number of fused-ring (bicyclic) bond motifs is 1. The van der Waals surface area contributed by atoms with Gasteiger partial charge >= 0.3 is 0 Å². The number of furan rings is 1. The van der Waals surface area contributed by atoms with E-state index in [9.17, 15) is 0 Å². The summed E-state index contributed by atoms with van der Waals surface area (Å²) < 4.78 is 23.4. The number of rotatable bonds is 9. The van der Waals surface area contributed by atoms with Crippen LogP contribution in [0.15, 0.2) is 77.5 Å². The second-order valence-electron chi connectivity index (χ2n) is 6.80. The average Bonchev–Trinajstić information content (AvgIpc) is 3.23. The van der Waals surface area contributed by atoms with Crippen molar-refractivity contribution in [3.05, 3.63) is 84.4 Å². The molecule has 0 saturated heterocycles. The van der Waals surface area contributed by atoms with Crippen molar-refractivity contribution in [3.63, 3.8) is 0 Å². The van der Waals surface area contributed by atoms with Crippen LogP contribution < -0.4 is 4.74 Å². The summed E-state index contributed by atoms with van der Waals surface area (Å²) in [6.45, 7) is 5.48. The second-order valence-corrected chi connectivity index (χ2v) is 6.80. The molecule has 0 spiro atoms. The Labute approximate surface area is 176 Å². The molecule has 2 aromatic carbocycles. The monoisotopic (exact) mass is 403 g/mol. The van der Waals surface area contributed by atoms with E-state index in [0.29, 0.717) is 25.6 Å². The van der Waals surface area contributed by atoms with Crippen LogP contribution in [-0.2, 0) is 16.1 Å². The molecule has 4 rings (SSSR count). The molecule has 30 heavy (non-hydrogen) atoms. The standard InChI is InChI=1S/C25H25NO4/c1-3-27-25(28-4-2)23-14-20-15-26-16-22(24(20)30-23)19-10-12-21(13-11-19)29-17-18-8-6-5-7-9-18/h5-16,25H,3-4,17H2,1-2H3. The van der Waals surface area contributed by atoms with Crippen molar-refractivity contribution in [2.75, 3.05) is 13.2 Å². The molecule has 0 radical (unpaired) electrons. The molecule has 0 N–H and O–H groups in total. The van der Waals surface area contributed by atoms with E-state index in [1.165, 1.54) is 0 Å². The summed E-state index contributed by atoms with van der Waals surface area (Å²) in [6, 6.07) is 20.0. The maximum atomic E-state index is 6.14. The van der Waals surface area contributed by atoms with Crippen molar-refractivity contribution in [3.8, 4) is 16.9 Å². The van der Waals surface area contributed by atoms with Crippen LogP contribution in [0.4, 0.5) is 0 Å². The zero-order valence-corrected chi connectivity index (χ0v) is 17.2. The fourth-order valence-corrected chi connectivity index (χ4v) is 3.29. The van der Waals surface area contributed by atoms with Crippen LogP contribution in [0.25, 0.3) is 22.1 Å². The summed E-state index contributed by atoms with van der Waals surface area (Å²) in [5, 5.41) is 0.913. The van der Waals surface area contributed by atoms with Gasteiger partial charge in [0.2, 0.25) is 6.29 Å². The van der Waals surface area contributed by atoms with Crippen LogP contribution in [-0.4, -0.2) is 18.2 Å². The van der Waals surface area contributed by atoms with Gasteiger partial charge in [-0.1, -0.05) is 42.5 Å². The van der Waals surface area contributed by atoms with E-state index < -0.39 is 6.29 Å². The van der Waals surface area contributed by atoms with Crippen molar-refractivity contribution in [2.45, 2.75) is 26.7 Å². The SMILES string of the molecule is CCOC(OCC)c1cc2cncc(-c3ccc(OCc4ccccc4)cc3)c2o1. The van der Waals surface area contributed by atoms with Gasteiger partial charge in [0.15, 0.2) is 5.76 Å². The predicted molar refractivity (Wildman–Crippen MR) is 116 cm³/mol. The van der Waals surface area contributed by atoms with Crippen molar-refractivity contribution in [1.29, 1.82) is 0 Å². The quantitative estimate of drug-likeness (QED) is 0.314. The summed E-state index contributed by atoms with van der Waals surface area (Å²) in [6.07, 6.45) is 3.08. The molecule has 154 valence electrons. The first-order valence-corrected chi connectivity index (χ1v) is 10.2. The van der Waals surface area contributed by atoms with E-state index in [0.717, 1.165) is 33.4 Å². The molecule has 0 unspecified atom stereocenters. The van der Waals surface area contributed by atoms with Crippen molar-refractivity contribution in [2.24, 2.45) is 0 Å². The van der Waals surface area contributed by atoms with Crippen molar-refractivity contribution >= 4 is 11.0 Å². The number of nitrogens with zero attached hydrogens (tertiary/aromatic N) is 1. The topological polar surface area (TPSA) is 53.7 Å². The highest BCUT2D eigenvalue weighted by Crippen LogP contribution is 2.34. The van der Waals surface area contributed by atoms with Crippen LogP contribution in [0.1, 0.15) is 31.5 Å². The van der Waals surface area contributed by atoms with Gasteiger partial charge in [0.05, 0.1) is 0 Å². The van der Waals surface area contributed by atoms with E-state index in [2.05, 4.69) is 4.98 Å². The van der Waals surface area contributed by atoms with Gasteiger partial charge in [0.25, 0.3) is 0 Å². The number of hydrogen-bond donors (Lipinski definition) is 0. The lowest BCUT2D eigenvalue weighted by Gasteiger charge is -2.13. The minimum absolute atomic E-state index is 0.519. The van der Waals surface area contributed by atoms with Gasteiger partial charge < -0.3 is 18.6 Å². The number of hydrogen-bond acceptors (Lipinski definition) is 5. The zero-order chi connectivity index (χ0) is 20.8. The smallest absolute Gasteiger partial charge is 0.217 e. The van der Waals surface area contributed by atoms with E-state index in [-0.39, 0.29) is 0 Å². The molecule has 0 aliphatic carbocycles. The van der Waals surface area contributed by atoms with Crippen LogP contribution >= 0.6 is 0 Å². The fraction of sp³-hybridized carbons (Fsp3) is 0.240. The first-order valence-electron chi connectivity index (χ1n) is 10.2. The lowest BCUT2D eigenvalue weighted by atomic mass is 10.1. The third kappa shape index (κ3) is 4.53. The van der Waals surface area contributed by atoms with E-state index in [1.807, 2.05) is 80.7 Å². The molecule has 0 aliphatic heterocycles. The Morgan fingerprint density at radius 2 is 1.63 bits per heavy atom. The summed E-state index contributed by atoms with van der Waals surface area (Å²) in [4.78, 5) is 4.38. The maximum absolute atomic E-state index is 6.14. The van der Waals surface area contributed by atoms with E-state index in [1.54, 1.807) is 6.20 Å². The normalized spacial score (nSPS) is 11.3. The molecular formula is C25H25NO4. The number of ether oxygens (including phenoxy) is 3. The van der Waals surface area contributed by atoms with Gasteiger partial charge in [-0.05, 0) is 43.2 Å². The number of pyridine rings is 1. The van der Waals surface area contributed by atoms with E-state index in [4.69, 9.17) is 18.6 Å². The lowest BCUT2D eigenvalue weighted by molar-refractivity contribution is -0.150. The molecule has 2 heterocycles. The third-order valence-corrected chi connectivity index (χ3v) is 4.72. The first-order chi connectivity index (χ1) is 14.8. The largest absolute Gasteiger partial charge is 0.489 e. The van der Waals surface area contributed by atoms with Crippen molar-refractivity contribution in [1.82, 2.24) is 4.98 Å². The van der Waals surface area contributed by atoms with Gasteiger partial charge in [-0.3, -0.25) is 4.98 Å². The molecule has 4 aromatic rings. The fourth-order valence-electron chi connectivity index (χ4n) is 3.29. The molecule has 0 aliphatic rings. The molecule has 0 bridgehead atoms. The molecule has 0 fully saturated rings. The molecule has 0 atom stereocenters. The number of benzene rings is 2. The molecule has 2 aromatic heterocycles. The van der Waals surface area contributed by atoms with Crippen LogP contribution in [0.2, 0.25) is 0 Å². The summed E-state index contributed by atoms with van der Waals surface area (Å²) >= 11 is 0. The minimum atomic E-state index is -0.519. The van der Waals surface area contributed by atoms with Gasteiger partial charge in [-0.2, -0.15) is 0 Å². The highest BCUT2D eigenvalue weighted by Gasteiger charge is 2.19. The Balaban J connectivity index is 1.56. The van der Waals surface area contributed by atoms with Crippen LogP contribution in [0, 0.1) is 0 Å². The lowest BCUT2D eigenvalue weighted by Crippen LogP contribution is -2.07. The Morgan fingerprint density at radius 3 is 2.33 bits per heavy atom. The minimum Gasteiger partial charge on any atom is -0.489 e. The van der Waals surface area contributed by atoms with Crippen LogP contribution in [0.5, 0.6) is 5.75 Å². The highest BCUT2D eigenvalue weighted by atomic mass is 16.7. The molecule has 0 saturated carbocycles. The average molecular weight is 403 g/mol. The Kier molecular flexibility index (Phi) is 6.42. The molecular weight excluding hydrogens is 378 g/mol. The van der Waals surface area contributed by atoms with Gasteiger partial charge in [0, 0.05) is 36.6 Å². The number of aromatic nitrogens is 1. The van der Waals surface area contributed by atoms with Crippen LogP contribution in [0.3, 0.4) is 0 Å². The van der Waals surface area contributed by atoms with Crippen molar-refractivity contribution < 1.29 is 18.6 Å². The highest BCUT2D eigenvalue weighted by molar-refractivity contribution is 5.91. The predicted octanol–water partition coefficient (Wildman–Crippen LogP) is 6.15. The second kappa shape index (κ2) is 9.57. The summed E-state index contributed by atoms with van der Waals surface area (Å²) in [5.41, 5.74) is 3.82. The Bertz CT molecular complexity index is 1070. The van der Waals surface area contributed by atoms with Gasteiger partial charge in [0.1, 0.15) is 17.9 Å². The zero-order valence-electron chi connectivity index (χ0n) is 17.2. The molecule has 0 amide bonds. The maximum Gasteiger partial charge on any atom is 0.217 e. The Hall–Kier alpha value is -3.15. The van der Waals surface area contributed by atoms with E-state index >= 15 is 0 Å². The molecule has 5 nitrogen and oxygen atoms in total. The summed E-state index contributed by atoms with van der Waals surface area (Å²) in [5.74, 6) is 1.46. The third-order valence-electron chi connectivity index (χ3n) is 4.72.